The molecule has 0 saturated carbocycles. The Morgan fingerprint density at radius 1 is 1.25 bits per heavy atom. The molecule has 0 aromatic heterocycles. The van der Waals surface area contributed by atoms with Crippen LogP contribution in [0.4, 0.5) is 4.39 Å². The zero-order chi connectivity index (χ0) is 9.61. The topological polar surface area (TPSA) is 0 Å². The highest BCUT2D eigenvalue weighted by molar-refractivity contribution is 4.72. The van der Waals surface area contributed by atoms with Crippen LogP contribution in [-0.2, 0) is 0 Å². The number of alkyl halides is 1. The Balaban J connectivity index is 3.46. The van der Waals surface area contributed by atoms with Crippen molar-refractivity contribution >= 4 is 0 Å². The van der Waals surface area contributed by atoms with Crippen LogP contribution in [0.1, 0.15) is 59.8 Å². The van der Waals surface area contributed by atoms with Crippen LogP contribution in [0.2, 0.25) is 0 Å². The van der Waals surface area contributed by atoms with Crippen molar-refractivity contribution in [2.75, 3.05) is 0 Å². The van der Waals surface area contributed by atoms with E-state index in [2.05, 4.69) is 13.8 Å². The molecule has 0 radical (unpaired) electrons. The highest BCUT2D eigenvalue weighted by Crippen LogP contribution is 2.25. The highest BCUT2D eigenvalue weighted by Gasteiger charge is 2.20. The summed E-state index contributed by atoms with van der Waals surface area (Å²) in [5, 5.41) is 0. The van der Waals surface area contributed by atoms with Crippen molar-refractivity contribution in [2.24, 2.45) is 5.92 Å². The minimum Gasteiger partial charge on any atom is -0.244 e. The molecule has 0 bridgehead atoms. The van der Waals surface area contributed by atoms with Gasteiger partial charge < -0.3 is 0 Å². The number of halogens is 1. The summed E-state index contributed by atoms with van der Waals surface area (Å²) in [5.41, 5.74) is -0.913. The predicted octanol–water partition coefficient (Wildman–Crippen LogP) is 4.34. The quantitative estimate of drug-likeness (QED) is 0.562. The van der Waals surface area contributed by atoms with Crippen LogP contribution < -0.4 is 0 Å². The lowest BCUT2D eigenvalue weighted by Gasteiger charge is -2.19. The molecule has 74 valence electrons. The first-order chi connectivity index (χ1) is 5.48. The van der Waals surface area contributed by atoms with Crippen molar-refractivity contribution < 1.29 is 4.39 Å². The second kappa shape index (κ2) is 5.55. The first-order valence-corrected chi connectivity index (χ1v) is 5.17. The third kappa shape index (κ3) is 6.63. The number of rotatable bonds is 6. The average molecular weight is 174 g/mol. The van der Waals surface area contributed by atoms with Crippen molar-refractivity contribution in [1.29, 1.82) is 0 Å². The normalized spacial score (nSPS) is 16.5. The first-order valence-electron chi connectivity index (χ1n) is 5.17. The van der Waals surface area contributed by atoms with Gasteiger partial charge in [0.25, 0.3) is 0 Å². The molecular formula is C11H23F. The largest absolute Gasteiger partial charge is 0.244 e. The fourth-order valence-corrected chi connectivity index (χ4v) is 1.53. The van der Waals surface area contributed by atoms with Gasteiger partial charge in [-0.15, -0.1) is 0 Å². The molecule has 0 aliphatic rings. The summed E-state index contributed by atoms with van der Waals surface area (Å²) in [6.07, 6.45) is 4.59. The summed E-state index contributed by atoms with van der Waals surface area (Å²) in [6, 6.07) is 0. The van der Waals surface area contributed by atoms with Gasteiger partial charge in [0, 0.05) is 0 Å². The SMILES string of the molecule is CCCC(C)(F)CCCC(C)C. The zero-order valence-corrected chi connectivity index (χ0v) is 8.99. The lowest BCUT2D eigenvalue weighted by Crippen LogP contribution is -2.17. The molecule has 0 aliphatic heterocycles. The van der Waals surface area contributed by atoms with E-state index in [-0.39, 0.29) is 0 Å². The maximum Gasteiger partial charge on any atom is 0.108 e. The molecule has 0 N–H and O–H groups in total. The van der Waals surface area contributed by atoms with E-state index < -0.39 is 5.67 Å². The van der Waals surface area contributed by atoms with E-state index in [4.69, 9.17) is 0 Å². The van der Waals surface area contributed by atoms with E-state index in [1.54, 1.807) is 6.92 Å². The number of hydrogen-bond acceptors (Lipinski definition) is 0. The molecule has 0 aromatic carbocycles. The lowest BCUT2D eigenvalue weighted by atomic mass is 9.94. The molecule has 0 aromatic rings. The van der Waals surface area contributed by atoms with Crippen molar-refractivity contribution in [2.45, 2.75) is 65.5 Å². The molecule has 0 aliphatic carbocycles. The summed E-state index contributed by atoms with van der Waals surface area (Å²) in [6.45, 7) is 8.15. The molecule has 0 nitrogen and oxygen atoms in total. The maximum atomic E-state index is 13.5. The number of hydrogen-bond donors (Lipinski definition) is 0. The van der Waals surface area contributed by atoms with Gasteiger partial charge in [0.1, 0.15) is 5.67 Å². The molecule has 0 fully saturated rings. The molecule has 0 spiro atoms. The molecule has 0 amide bonds. The van der Waals surface area contributed by atoms with E-state index in [9.17, 15) is 4.39 Å². The van der Waals surface area contributed by atoms with Crippen LogP contribution in [0.3, 0.4) is 0 Å². The fourth-order valence-electron chi connectivity index (χ4n) is 1.53. The Kier molecular flexibility index (Phi) is 5.52. The van der Waals surface area contributed by atoms with Crippen molar-refractivity contribution in [3.63, 3.8) is 0 Å². The third-order valence-electron chi connectivity index (χ3n) is 2.25. The van der Waals surface area contributed by atoms with Gasteiger partial charge in [0.05, 0.1) is 0 Å². The Hall–Kier alpha value is -0.0700. The minimum atomic E-state index is -0.913. The average Bonchev–Trinajstić information content (AvgIpc) is 1.85. The molecule has 1 atom stereocenters. The molecule has 1 heteroatoms. The van der Waals surface area contributed by atoms with E-state index in [0.717, 1.165) is 25.7 Å². The molecule has 0 saturated heterocycles. The summed E-state index contributed by atoms with van der Waals surface area (Å²) < 4.78 is 13.5. The summed E-state index contributed by atoms with van der Waals surface area (Å²) in [5.74, 6) is 0.711. The molecule has 12 heavy (non-hydrogen) atoms. The van der Waals surface area contributed by atoms with Crippen LogP contribution in [0, 0.1) is 5.92 Å². The van der Waals surface area contributed by atoms with Gasteiger partial charge in [-0.1, -0.05) is 40.0 Å². The second-order valence-electron chi connectivity index (χ2n) is 4.45. The van der Waals surface area contributed by atoms with E-state index in [1.807, 2.05) is 6.92 Å². The predicted molar refractivity (Wildman–Crippen MR) is 53.1 cm³/mol. The van der Waals surface area contributed by atoms with Crippen LogP contribution in [0.15, 0.2) is 0 Å². The standard InChI is InChI=1S/C11H23F/c1-5-8-11(4,12)9-6-7-10(2)3/h10H,5-9H2,1-4H3. The van der Waals surface area contributed by atoms with Crippen molar-refractivity contribution in [3.8, 4) is 0 Å². The third-order valence-corrected chi connectivity index (χ3v) is 2.25. The van der Waals surface area contributed by atoms with Gasteiger partial charge in [-0.2, -0.15) is 0 Å². The second-order valence-corrected chi connectivity index (χ2v) is 4.45. The fraction of sp³-hybridized carbons (Fsp3) is 1.00. The van der Waals surface area contributed by atoms with Gasteiger partial charge in [0.2, 0.25) is 0 Å². The van der Waals surface area contributed by atoms with Crippen molar-refractivity contribution in [1.82, 2.24) is 0 Å². The Bertz CT molecular complexity index is 106. The smallest absolute Gasteiger partial charge is 0.108 e. The van der Waals surface area contributed by atoms with Gasteiger partial charge in [-0.3, -0.25) is 0 Å². The summed E-state index contributed by atoms with van der Waals surface area (Å²) >= 11 is 0. The van der Waals surface area contributed by atoms with Crippen LogP contribution >= 0.6 is 0 Å². The van der Waals surface area contributed by atoms with Crippen LogP contribution in [0.5, 0.6) is 0 Å². The minimum absolute atomic E-state index is 0.711. The van der Waals surface area contributed by atoms with Gasteiger partial charge >= 0.3 is 0 Å². The van der Waals surface area contributed by atoms with Crippen LogP contribution in [0.25, 0.3) is 0 Å². The van der Waals surface area contributed by atoms with Crippen LogP contribution in [-0.4, -0.2) is 5.67 Å². The molecule has 0 rings (SSSR count). The molecule has 1 unspecified atom stereocenters. The summed E-state index contributed by atoms with van der Waals surface area (Å²) in [4.78, 5) is 0. The molecule has 0 heterocycles. The van der Waals surface area contributed by atoms with E-state index in [1.165, 1.54) is 0 Å². The zero-order valence-electron chi connectivity index (χ0n) is 8.99. The van der Waals surface area contributed by atoms with Crippen molar-refractivity contribution in [3.05, 3.63) is 0 Å². The first kappa shape index (κ1) is 11.9. The summed E-state index contributed by atoms with van der Waals surface area (Å²) in [7, 11) is 0. The molecular weight excluding hydrogens is 151 g/mol. The highest BCUT2D eigenvalue weighted by atomic mass is 19.1. The van der Waals surface area contributed by atoms with E-state index in [0.29, 0.717) is 12.3 Å². The maximum absolute atomic E-state index is 13.5. The Morgan fingerprint density at radius 2 is 1.83 bits per heavy atom. The van der Waals surface area contributed by atoms with Gasteiger partial charge in [-0.25, -0.2) is 4.39 Å². The Morgan fingerprint density at radius 3 is 2.25 bits per heavy atom. The van der Waals surface area contributed by atoms with Gasteiger partial charge in [-0.05, 0) is 25.7 Å². The van der Waals surface area contributed by atoms with E-state index >= 15 is 0 Å². The lowest BCUT2D eigenvalue weighted by molar-refractivity contribution is 0.153. The monoisotopic (exact) mass is 174 g/mol. The van der Waals surface area contributed by atoms with Gasteiger partial charge in [0.15, 0.2) is 0 Å². The Labute approximate surface area is 76.6 Å².